The summed E-state index contributed by atoms with van der Waals surface area (Å²) in [4.78, 5) is 0. The molecule has 1 heterocycles. The van der Waals surface area contributed by atoms with Crippen molar-refractivity contribution in [3.05, 3.63) is 21.7 Å². The van der Waals surface area contributed by atoms with E-state index in [2.05, 4.69) is 15.9 Å². The van der Waals surface area contributed by atoms with Crippen LogP contribution in [0.4, 0.5) is 0 Å². The van der Waals surface area contributed by atoms with Crippen LogP contribution < -0.4 is 15.2 Å². The molecule has 0 spiro atoms. The Hall–Kier alpha value is -0.740. The highest BCUT2D eigenvalue weighted by molar-refractivity contribution is 9.10. The second kappa shape index (κ2) is 3.93. The Morgan fingerprint density at radius 3 is 3.00 bits per heavy atom. The molecular formula is C12H14BrNO2. The van der Waals surface area contributed by atoms with Gasteiger partial charge in [0.25, 0.3) is 0 Å². The molecule has 16 heavy (non-hydrogen) atoms. The van der Waals surface area contributed by atoms with Crippen molar-refractivity contribution in [1.82, 2.24) is 0 Å². The van der Waals surface area contributed by atoms with E-state index in [4.69, 9.17) is 15.2 Å². The molecule has 1 aliphatic heterocycles. The first-order valence-electron chi connectivity index (χ1n) is 5.64. The Morgan fingerprint density at radius 1 is 1.31 bits per heavy atom. The number of hydrogen-bond acceptors (Lipinski definition) is 3. The van der Waals surface area contributed by atoms with E-state index < -0.39 is 0 Å². The largest absolute Gasteiger partial charge is 0.486 e. The van der Waals surface area contributed by atoms with E-state index in [0.717, 1.165) is 40.8 Å². The summed E-state index contributed by atoms with van der Waals surface area (Å²) < 4.78 is 12.4. The van der Waals surface area contributed by atoms with E-state index in [9.17, 15) is 0 Å². The average Bonchev–Trinajstić information content (AvgIpc) is 2.30. The molecule has 4 heteroatoms. The highest BCUT2D eigenvalue weighted by atomic mass is 79.9. The SMILES string of the molecule is N[C@H]1CCCc2c(Br)cc3c(c21)OCCO3. The molecule has 0 unspecified atom stereocenters. The number of halogens is 1. The molecule has 86 valence electrons. The van der Waals surface area contributed by atoms with E-state index in [1.807, 2.05) is 6.07 Å². The van der Waals surface area contributed by atoms with E-state index in [0.29, 0.717) is 13.2 Å². The molecule has 1 aromatic rings. The van der Waals surface area contributed by atoms with Crippen molar-refractivity contribution in [2.24, 2.45) is 5.73 Å². The van der Waals surface area contributed by atoms with Gasteiger partial charge in [-0.1, -0.05) is 15.9 Å². The van der Waals surface area contributed by atoms with E-state index in [1.54, 1.807) is 0 Å². The summed E-state index contributed by atoms with van der Waals surface area (Å²) in [5, 5.41) is 0. The molecule has 0 amide bonds. The third-order valence-corrected chi connectivity index (χ3v) is 3.95. The minimum Gasteiger partial charge on any atom is -0.486 e. The van der Waals surface area contributed by atoms with Gasteiger partial charge in [-0.3, -0.25) is 0 Å². The fourth-order valence-electron chi connectivity index (χ4n) is 2.51. The first-order valence-corrected chi connectivity index (χ1v) is 6.43. The number of nitrogens with two attached hydrogens (primary N) is 1. The van der Waals surface area contributed by atoms with Gasteiger partial charge >= 0.3 is 0 Å². The molecule has 0 saturated heterocycles. The highest BCUT2D eigenvalue weighted by Gasteiger charge is 2.28. The zero-order valence-corrected chi connectivity index (χ0v) is 10.5. The van der Waals surface area contributed by atoms with Crippen molar-refractivity contribution in [2.75, 3.05) is 13.2 Å². The molecule has 0 bridgehead atoms. The van der Waals surface area contributed by atoms with Crippen molar-refractivity contribution in [1.29, 1.82) is 0 Å². The minimum atomic E-state index is 0.0803. The Balaban J connectivity index is 2.21. The maximum Gasteiger partial charge on any atom is 0.166 e. The van der Waals surface area contributed by atoms with E-state index in [1.165, 1.54) is 5.56 Å². The third kappa shape index (κ3) is 1.52. The number of ether oxygens (including phenoxy) is 2. The summed E-state index contributed by atoms with van der Waals surface area (Å²) in [5.41, 5.74) is 8.63. The van der Waals surface area contributed by atoms with Gasteiger partial charge in [-0.2, -0.15) is 0 Å². The monoisotopic (exact) mass is 283 g/mol. The molecule has 2 N–H and O–H groups in total. The number of fused-ring (bicyclic) bond motifs is 3. The van der Waals surface area contributed by atoms with Crippen molar-refractivity contribution in [2.45, 2.75) is 25.3 Å². The van der Waals surface area contributed by atoms with Gasteiger partial charge in [0.2, 0.25) is 0 Å². The van der Waals surface area contributed by atoms with Crippen molar-refractivity contribution >= 4 is 15.9 Å². The lowest BCUT2D eigenvalue weighted by atomic mass is 9.87. The summed E-state index contributed by atoms with van der Waals surface area (Å²) in [6, 6.07) is 2.09. The Morgan fingerprint density at radius 2 is 2.12 bits per heavy atom. The van der Waals surface area contributed by atoms with Crippen LogP contribution in [-0.2, 0) is 6.42 Å². The van der Waals surface area contributed by atoms with Gasteiger partial charge in [-0.05, 0) is 30.9 Å². The lowest BCUT2D eigenvalue weighted by Crippen LogP contribution is -2.23. The van der Waals surface area contributed by atoms with Crippen LogP contribution >= 0.6 is 15.9 Å². The molecule has 2 aliphatic rings. The number of hydrogen-bond donors (Lipinski definition) is 1. The zero-order valence-electron chi connectivity index (χ0n) is 8.96. The average molecular weight is 284 g/mol. The third-order valence-electron chi connectivity index (χ3n) is 3.24. The Bertz CT molecular complexity index is 434. The molecule has 1 aromatic carbocycles. The standard InChI is InChI=1S/C12H14BrNO2/c13-8-6-10-12(16-5-4-15-10)11-7(8)2-1-3-9(11)14/h6,9H,1-5,14H2/t9-/m0/s1. The lowest BCUT2D eigenvalue weighted by molar-refractivity contribution is 0.168. The van der Waals surface area contributed by atoms with Crippen LogP contribution in [-0.4, -0.2) is 13.2 Å². The van der Waals surface area contributed by atoms with Gasteiger partial charge < -0.3 is 15.2 Å². The maximum absolute atomic E-state index is 6.18. The van der Waals surface area contributed by atoms with Crippen molar-refractivity contribution in [3.8, 4) is 11.5 Å². The lowest BCUT2D eigenvalue weighted by Gasteiger charge is -2.29. The molecule has 0 saturated carbocycles. The molecular weight excluding hydrogens is 270 g/mol. The smallest absolute Gasteiger partial charge is 0.166 e. The first kappa shape index (κ1) is 10.4. The molecule has 0 radical (unpaired) electrons. The molecule has 3 rings (SSSR count). The fraction of sp³-hybridized carbons (Fsp3) is 0.500. The highest BCUT2D eigenvalue weighted by Crippen LogP contribution is 2.45. The van der Waals surface area contributed by atoms with Gasteiger partial charge in [-0.25, -0.2) is 0 Å². The minimum absolute atomic E-state index is 0.0803. The van der Waals surface area contributed by atoms with Crippen LogP contribution in [0.2, 0.25) is 0 Å². The molecule has 1 aliphatic carbocycles. The van der Waals surface area contributed by atoms with Crippen LogP contribution in [0.5, 0.6) is 11.5 Å². The molecule has 0 aromatic heterocycles. The molecule has 0 fully saturated rings. The predicted molar refractivity (Wildman–Crippen MR) is 65.0 cm³/mol. The summed E-state index contributed by atoms with van der Waals surface area (Å²) in [5.74, 6) is 1.70. The second-order valence-electron chi connectivity index (χ2n) is 4.27. The quantitative estimate of drug-likeness (QED) is 0.796. The van der Waals surface area contributed by atoms with Gasteiger partial charge in [0.05, 0.1) is 0 Å². The van der Waals surface area contributed by atoms with Crippen LogP contribution in [0.15, 0.2) is 10.5 Å². The normalized spacial score (nSPS) is 22.8. The molecule has 3 nitrogen and oxygen atoms in total. The van der Waals surface area contributed by atoms with Crippen molar-refractivity contribution < 1.29 is 9.47 Å². The first-order chi connectivity index (χ1) is 7.77. The second-order valence-corrected chi connectivity index (χ2v) is 5.13. The van der Waals surface area contributed by atoms with E-state index >= 15 is 0 Å². The number of rotatable bonds is 0. The fourth-order valence-corrected chi connectivity index (χ4v) is 3.13. The summed E-state index contributed by atoms with van der Waals surface area (Å²) in [6.07, 6.45) is 3.24. The Kier molecular flexibility index (Phi) is 2.56. The zero-order chi connectivity index (χ0) is 11.1. The summed E-state index contributed by atoms with van der Waals surface area (Å²) in [6.45, 7) is 1.24. The summed E-state index contributed by atoms with van der Waals surface area (Å²) in [7, 11) is 0. The Labute approximate surface area is 103 Å². The topological polar surface area (TPSA) is 44.5 Å². The van der Waals surface area contributed by atoms with Gasteiger partial charge in [-0.15, -0.1) is 0 Å². The maximum atomic E-state index is 6.18. The summed E-state index contributed by atoms with van der Waals surface area (Å²) >= 11 is 3.60. The van der Waals surface area contributed by atoms with Crippen LogP contribution in [0.25, 0.3) is 0 Å². The van der Waals surface area contributed by atoms with Gasteiger partial charge in [0.15, 0.2) is 11.5 Å². The number of benzene rings is 1. The van der Waals surface area contributed by atoms with Gasteiger partial charge in [0.1, 0.15) is 13.2 Å². The predicted octanol–water partition coefficient (Wildman–Crippen LogP) is 2.56. The van der Waals surface area contributed by atoms with Gasteiger partial charge in [0, 0.05) is 16.1 Å². The van der Waals surface area contributed by atoms with Crippen LogP contribution in [0.1, 0.15) is 30.0 Å². The van der Waals surface area contributed by atoms with E-state index in [-0.39, 0.29) is 6.04 Å². The van der Waals surface area contributed by atoms with Crippen molar-refractivity contribution in [3.63, 3.8) is 0 Å². The van der Waals surface area contributed by atoms with Crippen LogP contribution in [0.3, 0.4) is 0 Å². The van der Waals surface area contributed by atoms with Crippen LogP contribution in [0, 0.1) is 0 Å². The molecule has 1 atom stereocenters.